The summed E-state index contributed by atoms with van der Waals surface area (Å²) in [6.45, 7) is 1.09. The maximum atomic E-state index is 12.6. The Balaban J connectivity index is 1.89. The van der Waals surface area contributed by atoms with Gasteiger partial charge in [0.05, 0.1) is 0 Å². The summed E-state index contributed by atoms with van der Waals surface area (Å²) in [5, 5.41) is 3.37. The van der Waals surface area contributed by atoms with E-state index in [0.29, 0.717) is 12.0 Å². The van der Waals surface area contributed by atoms with Gasteiger partial charge >= 0.3 is 0 Å². The Morgan fingerprint density at radius 2 is 2.36 bits per heavy atom. The quantitative estimate of drug-likeness (QED) is 0.680. The zero-order chi connectivity index (χ0) is 9.54. The molecule has 0 aromatic carbocycles. The molecule has 3 heteroatoms. The molecule has 1 aliphatic carbocycles. The number of nitrogens with one attached hydrogen (secondary N) is 1. The van der Waals surface area contributed by atoms with E-state index in [4.69, 9.17) is 0 Å². The molecule has 0 amide bonds. The molecule has 0 radical (unpaired) electrons. The standard InChI is InChI=1S/C11H11FN2/c12-11-2-1-7(5-14-11)8-3-9-6-13-10(9)4-8/h1-3,5,9-10,13H,4,6H2. The second kappa shape index (κ2) is 2.89. The Hall–Kier alpha value is -1.22. The van der Waals surface area contributed by atoms with Gasteiger partial charge in [-0.1, -0.05) is 6.08 Å². The minimum atomic E-state index is -0.409. The van der Waals surface area contributed by atoms with Gasteiger partial charge in [-0.3, -0.25) is 0 Å². The first kappa shape index (κ1) is 8.12. The smallest absolute Gasteiger partial charge is 0.212 e. The van der Waals surface area contributed by atoms with Crippen LogP contribution in [-0.2, 0) is 0 Å². The molecule has 3 rings (SSSR count). The summed E-state index contributed by atoms with van der Waals surface area (Å²) >= 11 is 0. The second-order valence-corrected chi connectivity index (χ2v) is 3.94. The third-order valence-corrected chi connectivity index (χ3v) is 3.09. The number of rotatable bonds is 1. The molecular weight excluding hydrogens is 179 g/mol. The van der Waals surface area contributed by atoms with Crippen LogP contribution in [0.15, 0.2) is 24.4 Å². The summed E-state index contributed by atoms with van der Waals surface area (Å²) < 4.78 is 12.6. The molecule has 1 aromatic rings. The van der Waals surface area contributed by atoms with Crippen molar-refractivity contribution in [3.8, 4) is 0 Å². The number of hydrogen-bond donors (Lipinski definition) is 1. The van der Waals surface area contributed by atoms with Gasteiger partial charge in [-0.25, -0.2) is 4.98 Å². The Kier molecular flexibility index (Phi) is 1.67. The molecule has 1 N–H and O–H groups in total. The normalized spacial score (nSPS) is 29.4. The van der Waals surface area contributed by atoms with Crippen LogP contribution in [0.1, 0.15) is 12.0 Å². The SMILES string of the molecule is Fc1ccc(C2=CC3CNC3C2)cn1. The molecule has 2 unspecified atom stereocenters. The number of pyridine rings is 1. The molecule has 1 aromatic heterocycles. The van der Waals surface area contributed by atoms with E-state index in [1.54, 1.807) is 12.3 Å². The lowest BCUT2D eigenvalue weighted by atomic mass is 9.95. The molecular formula is C11H11FN2. The highest BCUT2D eigenvalue weighted by molar-refractivity contribution is 5.68. The Morgan fingerprint density at radius 1 is 1.43 bits per heavy atom. The van der Waals surface area contributed by atoms with Crippen LogP contribution < -0.4 is 5.32 Å². The molecule has 1 aliphatic heterocycles. The van der Waals surface area contributed by atoms with Crippen molar-refractivity contribution in [2.24, 2.45) is 5.92 Å². The van der Waals surface area contributed by atoms with E-state index in [-0.39, 0.29) is 0 Å². The van der Waals surface area contributed by atoms with Gasteiger partial charge in [0.2, 0.25) is 5.95 Å². The van der Waals surface area contributed by atoms with Crippen molar-refractivity contribution < 1.29 is 4.39 Å². The fourth-order valence-electron chi connectivity index (χ4n) is 2.16. The first-order chi connectivity index (χ1) is 6.83. The minimum Gasteiger partial charge on any atom is -0.312 e. The van der Waals surface area contributed by atoms with Crippen LogP contribution in [-0.4, -0.2) is 17.6 Å². The van der Waals surface area contributed by atoms with Crippen molar-refractivity contribution in [1.29, 1.82) is 0 Å². The Bertz CT molecular complexity index is 383. The maximum Gasteiger partial charge on any atom is 0.212 e. The summed E-state index contributed by atoms with van der Waals surface area (Å²) in [5.74, 6) is 0.281. The highest BCUT2D eigenvalue weighted by atomic mass is 19.1. The van der Waals surface area contributed by atoms with Crippen LogP contribution in [0.4, 0.5) is 4.39 Å². The average Bonchev–Trinajstić information content (AvgIpc) is 2.45. The van der Waals surface area contributed by atoms with E-state index in [2.05, 4.69) is 16.4 Å². The van der Waals surface area contributed by atoms with Gasteiger partial charge in [-0.15, -0.1) is 0 Å². The monoisotopic (exact) mass is 190 g/mol. The zero-order valence-corrected chi connectivity index (χ0v) is 7.70. The summed E-state index contributed by atoms with van der Waals surface area (Å²) in [6.07, 6.45) is 4.96. The van der Waals surface area contributed by atoms with Crippen LogP contribution in [0.2, 0.25) is 0 Å². The molecule has 2 atom stereocenters. The van der Waals surface area contributed by atoms with Crippen LogP contribution in [0, 0.1) is 11.9 Å². The van der Waals surface area contributed by atoms with Crippen molar-refractivity contribution in [2.75, 3.05) is 6.54 Å². The summed E-state index contributed by atoms with van der Waals surface area (Å²) in [5.41, 5.74) is 2.36. The van der Waals surface area contributed by atoms with Crippen LogP contribution in [0.5, 0.6) is 0 Å². The van der Waals surface area contributed by atoms with Crippen LogP contribution in [0.3, 0.4) is 0 Å². The minimum absolute atomic E-state index is 0.409. The lowest BCUT2D eigenvalue weighted by Crippen LogP contribution is -2.49. The molecule has 72 valence electrons. The molecule has 0 bridgehead atoms. The lowest BCUT2D eigenvalue weighted by molar-refractivity contribution is 0.306. The largest absolute Gasteiger partial charge is 0.312 e. The highest BCUT2D eigenvalue weighted by Gasteiger charge is 2.34. The molecule has 1 saturated heterocycles. The number of nitrogens with zero attached hydrogens (tertiary/aromatic N) is 1. The summed E-state index contributed by atoms with van der Waals surface area (Å²) in [6, 6.07) is 3.85. The molecule has 2 aliphatic rings. The fraction of sp³-hybridized carbons (Fsp3) is 0.364. The molecule has 0 saturated carbocycles. The third-order valence-electron chi connectivity index (χ3n) is 3.09. The molecule has 2 heterocycles. The predicted molar refractivity (Wildman–Crippen MR) is 52.1 cm³/mol. The van der Waals surface area contributed by atoms with E-state index in [0.717, 1.165) is 18.5 Å². The third kappa shape index (κ3) is 1.16. The Labute approximate surface area is 81.9 Å². The topological polar surface area (TPSA) is 24.9 Å². The van der Waals surface area contributed by atoms with E-state index >= 15 is 0 Å². The van der Waals surface area contributed by atoms with Gasteiger partial charge in [0.15, 0.2) is 0 Å². The maximum absolute atomic E-state index is 12.6. The molecule has 0 spiro atoms. The van der Waals surface area contributed by atoms with Gasteiger partial charge < -0.3 is 5.32 Å². The molecule has 1 fully saturated rings. The van der Waals surface area contributed by atoms with Crippen LogP contribution in [0.25, 0.3) is 5.57 Å². The number of hydrogen-bond acceptors (Lipinski definition) is 2. The number of halogens is 1. The second-order valence-electron chi connectivity index (χ2n) is 3.94. The molecule has 14 heavy (non-hydrogen) atoms. The van der Waals surface area contributed by atoms with E-state index in [1.807, 2.05) is 0 Å². The van der Waals surface area contributed by atoms with Crippen molar-refractivity contribution in [1.82, 2.24) is 10.3 Å². The fourth-order valence-corrected chi connectivity index (χ4v) is 2.16. The van der Waals surface area contributed by atoms with Gasteiger partial charge in [0, 0.05) is 24.7 Å². The summed E-state index contributed by atoms with van der Waals surface area (Å²) in [7, 11) is 0. The number of aromatic nitrogens is 1. The first-order valence-corrected chi connectivity index (χ1v) is 4.89. The van der Waals surface area contributed by atoms with Crippen molar-refractivity contribution in [3.05, 3.63) is 35.9 Å². The van der Waals surface area contributed by atoms with Crippen molar-refractivity contribution >= 4 is 5.57 Å². The van der Waals surface area contributed by atoms with E-state index < -0.39 is 5.95 Å². The van der Waals surface area contributed by atoms with Crippen LogP contribution >= 0.6 is 0 Å². The van der Waals surface area contributed by atoms with E-state index in [1.165, 1.54) is 11.6 Å². The van der Waals surface area contributed by atoms with Gasteiger partial charge in [0.1, 0.15) is 0 Å². The first-order valence-electron chi connectivity index (χ1n) is 4.89. The van der Waals surface area contributed by atoms with Gasteiger partial charge in [0.25, 0.3) is 0 Å². The Morgan fingerprint density at radius 3 is 2.86 bits per heavy atom. The van der Waals surface area contributed by atoms with Crippen molar-refractivity contribution in [3.63, 3.8) is 0 Å². The van der Waals surface area contributed by atoms with Gasteiger partial charge in [-0.05, 0) is 29.7 Å². The summed E-state index contributed by atoms with van der Waals surface area (Å²) in [4.78, 5) is 3.67. The highest BCUT2D eigenvalue weighted by Crippen LogP contribution is 2.35. The average molecular weight is 190 g/mol. The molecule has 2 nitrogen and oxygen atoms in total. The lowest BCUT2D eigenvalue weighted by Gasteiger charge is -2.31. The number of fused-ring (bicyclic) bond motifs is 1. The zero-order valence-electron chi connectivity index (χ0n) is 7.70. The van der Waals surface area contributed by atoms with Crippen molar-refractivity contribution in [2.45, 2.75) is 12.5 Å². The predicted octanol–water partition coefficient (Wildman–Crippen LogP) is 1.60. The van der Waals surface area contributed by atoms with Gasteiger partial charge in [-0.2, -0.15) is 4.39 Å². The van der Waals surface area contributed by atoms with E-state index in [9.17, 15) is 4.39 Å².